The van der Waals surface area contributed by atoms with Crippen LogP contribution in [0.15, 0.2) is 18.2 Å². The molecule has 1 atom stereocenters. The summed E-state index contributed by atoms with van der Waals surface area (Å²) in [6.45, 7) is 2.06. The van der Waals surface area contributed by atoms with E-state index < -0.39 is 0 Å². The third kappa shape index (κ3) is 4.84. The predicted molar refractivity (Wildman–Crippen MR) is 74.5 cm³/mol. The second-order valence-electron chi connectivity index (χ2n) is 4.40. The van der Waals surface area contributed by atoms with Crippen LogP contribution in [-0.2, 0) is 4.79 Å². The van der Waals surface area contributed by atoms with Crippen LogP contribution in [0.5, 0.6) is 5.75 Å². The van der Waals surface area contributed by atoms with Crippen molar-refractivity contribution in [2.24, 2.45) is 0 Å². The minimum atomic E-state index is -0.262. The molecule has 0 heterocycles. The molecule has 18 heavy (non-hydrogen) atoms. The van der Waals surface area contributed by atoms with Gasteiger partial charge in [0.25, 0.3) is 0 Å². The number of nitrogens with zero attached hydrogens (tertiary/aromatic N) is 1. The van der Waals surface area contributed by atoms with Gasteiger partial charge in [0.15, 0.2) is 0 Å². The van der Waals surface area contributed by atoms with Crippen LogP contribution in [0.25, 0.3) is 0 Å². The fraction of sp³-hybridized carbons (Fsp3) is 0.462. The van der Waals surface area contributed by atoms with Gasteiger partial charge in [0.2, 0.25) is 0 Å². The second-order valence-corrected chi connectivity index (χ2v) is 5.22. The number of hydrogen-bond acceptors (Lipinski definition) is 3. The lowest BCUT2D eigenvalue weighted by molar-refractivity contribution is -0.134. The van der Waals surface area contributed by atoms with Crippen LogP contribution in [-0.4, -0.2) is 31.0 Å². The monoisotopic (exact) mass is 289 g/mol. The topological polar surface area (TPSA) is 29.5 Å². The van der Waals surface area contributed by atoms with Crippen LogP contribution >= 0.6 is 23.2 Å². The van der Waals surface area contributed by atoms with Gasteiger partial charge in [0.05, 0.1) is 10.0 Å². The number of hydrogen-bond donors (Lipinski definition) is 0. The van der Waals surface area contributed by atoms with Gasteiger partial charge in [-0.1, -0.05) is 23.2 Å². The summed E-state index contributed by atoms with van der Waals surface area (Å²) in [6.07, 6.45) is 1.13. The van der Waals surface area contributed by atoms with E-state index in [1.807, 2.05) is 14.1 Å². The van der Waals surface area contributed by atoms with E-state index >= 15 is 0 Å². The highest BCUT2D eigenvalue weighted by molar-refractivity contribution is 6.42. The van der Waals surface area contributed by atoms with Gasteiger partial charge in [0, 0.05) is 18.5 Å². The predicted octanol–water partition coefficient (Wildman–Crippen LogP) is 3.63. The summed E-state index contributed by atoms with van der Waals surface area (Å²) in [5.74, 6) is 0.161. The Kier molecular flexibility index (Phi) is 5.93. The summed E-state index contributed by atoms with van der Waals surface area (Å²) in [5.41, 5.74) is 0. The highest BCUT2D eigenvalue weighted by Crippen LogP contribution is 2.26. The summed E-state index contributed by atoms with van der Waals surface area (Å²) in [6, 6.07) is 5.11. The summed E-state index contributed by atoms with van der Waals surface area (Å²) in [4.78, 5) is 13.7. The molecule has 0 amide bonds. The van der Waals surface area contributed by atoms with E-state index in [2.05, 4.69) is 11.8 Å². The molecule has 0 aliphatic carbocycles. The van der Waals surface area contributed by atoms with Crippen molar-refractivity contribution < 1.29 is 9.53 Å². The first kappa shape index (κ1) is 15.3. The van der Waals surface area contributed by atoms with Crippen molar-refractivity contribution in [2.45, 2.75) is 25.8 Å². The summed E-state index contributed by atoms with van der Waals surface area (Å²) >= 11 is 11.6. The maximum Gasteiger partial charge on any atom is 0.311 e. The maximum absolute atomic E-state index is 11.6. The minimum Gasteiger partial charge on any atom is -0.426 e. The van der Waals surface area contributed by atoms with Crippen LogP contribution in [0.4, 0.5) is 0 Å². The third-order valence-electron chi connectivity index (χ3n) is 2.77. The van der Waals surface area contributed by atoms with Crippen molar-refractivity contribution in [1.29, 1.82) is 0 Å². The Bertz CT molecular complexity index is 421. The fourth-order valence-electron chi connectivity index (χ4n) is 1.31. The van der Waals surface area contributed by atoms with Gasteiger partial charge < -0.3 is 9.64 Å². The molecule has 1 aromatic rings. The zero-order chi connectivity index (χ0) is 13.7. The van der Waals surface area contributed by atoms with Gasteiger partial charge in [-0.15, -0.1) is 0 Å². The van der Waals surface area contributed by atoms with Crippen LogP contribution in [0.1, 0.15) is 19.8 Å². The van der Waals surface area contributed by atoms with Crippen LogP contribution in [0.3, 0.4) is 0 Å². The van der Waals surface area contributed by atoms with Gasteiger partial charge in [-0.3, -0.25) is 4.79 Å². The molecule has 100 valence electrons. The van der Waals surface area contributed by atoms with Gasteiger partial charge >= 0.3 is 5.97 Å². The molecule has 0 fully saturated rings. The molecule has 0 saturated heterocycles. The molecular weight excluding hydrogens is 273 g/mol. The van der Waals surface area contributed by atoms with Gasteiger partial charge in [-0.05, 0) is 39.6 Å². The molecule has 0 radical (unpaired) electrons. The van der Waals surface area contributed by atoms with E-state index in [1.54, 1.807) is 12.1 Å². The summed E-state index contributed by atoms with van der Waals surface area (Å²) in [7, 11) is 3.96. The Hall–Kier alpha value is -0.770. The Morgan fingerprint density at radius 2 is 2.00 bits per heavy atom. The van der Waals surface area contributed by atoms with E-state index in [9.17, 15) is 4.79 Å². The Labute approximate surface area is 118 Å². The van der Waals surface area contributed by atoms with E-state index in [-0.39, 0.29) is 5.97 Å². The fourth-order valence-corrected chi connectivity index (χ4v) is 1.60. The first-order valence-electron chi connectivity index (χ1n) is 5.72. The Morgan fingerprint density at radius 1 is 1.33 bits per heavy atom. The van der Waals surface area contributed by atoms with Gasteiger partial charge in [-0.25, -0.2) is 0 Å². The van der Waals surface area contributed by atoms with E-state index in [4.69, 9.17) is 27.9 Å². The molecule has 1 aromatic carbocycles. The third-order valence-corrected chi connectivity index (χ3v) is 3.51. The molecule has 0 aliphatic rings. The highest BCUT2D eigenvalue weighted by Gasteiger charge is 2.10. The lowest BCUT2D eigenvalue weighted by Crippen LogP contribution is -2.25. The molecule has 5 heteroatoms. The molecule has 0 bridgehead atoms. The second kappa shape index (κ2) is 6.98. The van der Waals surface area contributed by atoms with Crippen molar-refractivity contribution in [3.8, 4) is 5.75 Å². The molecular formula is C13H17Cl2NO2. The standard InChI is InChI=1S/C13H17Cl2NO2/c1-9(16(2)3)4-7-13(17)18-10-5-6-11(14)12(15)8-10/h5-6,8-9H,4,7H2,1-3H3. The van der Waals surface area contributed by atoms with E-state index in [0.717, 1.165) is 6.42 Å². The van der Waals surface area contributed by atoms with Crippen molar-refractivity contribution in [1.82, 2.24) is 4.90 Å². The first-order valence-corrected chi connectivity index (χ1v) is 6.48. The number of carbonyl (C=O) groups is 1. The van der Waals surface area contributed by atoms with Crippen LogP contribution < -0.4 is 4.74 Å². The lowest BCUT2D eigenvalue weighted by Gasteiger charge is -2.18. The number of carbonyl (C=O) groups excluding carboxylic acids is 1. The van der Waals surface area contributed by atoms with Gasteiger partial charge in [0.1, 0.15) is 5.75 Å². The molecule has 0 aliphatic heterocycles. The summed E-state index contributed by atoms with van der Waals surface area (Å²) in [5, 5.41) is 0.821. The lowest BCUT2D eigenvalue weighted by atomic mass is 10.2. The number of halogens is 2. The molecule has 3 nitrogen and oxygen atoms in total. The normalized spacial score (nSPS) is 12.6. The van der Waals surface area contributed by atoms with Crippen molar-refractivity contribution in [2.75, 3.05) is 14.1 Å². The molecule has 0 aromatic heterocycles. The van der Waals surface area contributed by atoms with E-state index in [0.29, 0.717) is 28.3 Å². The highest BCUT2D eigenvalue weighted by atomic mass is 35.5. The number of benzene rings is 1. The summed E-state index contributed by atoms with van der Waals surface area (Å²) < 4.78 is 5.18. The zero-order valence-electron chi connectivity index (χ0n) is 10.7. The Balaban J connectivity index is 2.47. The van der Waals surface area contributed by atoms with E-state index in [1.165, 1.54) is 6.07 Å². The number of rotatable bonds is 5. The molecule has 1 unspecified atom stereocenters. The first-order chi connectivity index (χ1) is 8.40. The minimum absolute atomic E-state index is 0.262. The zero-order valence-corrected chi connectivity index (χ0v) is 12.3. The average Bonchev–Trinajstić information content (AvgIpc) is 2.30. The van der Waals surface area contributed by atoms with Crippen LogP contribution in [0, 0.1) is 0 Å². The maximum atomic E-state index is 11.6. The number of ether oxygens (including phenoxy) is 1. The molecule has 1 rings (SSSR count). The quantitative estimate of drug-likeness (QED) is 0.612. The largest absolute Gasteiger partial charge is 0.426 e. The SMILES string of the molecule is CC(CCC(=O)Oc1ccc(Cl)c(Cl)c1)N(C)C. The van der Waals surface area contributed by atoms with Crippen molar-refractivity contribution in [3.05, 3.63) is 28.2 Å². The molecule has 0 spiro atoms. The Morgan fingerprint density at radius 3 is 2.56 bits per heavy atom. The molecule has 0 N–H and O–H groups in total. The van der Waals surface area contributed by atoms with Crippen molar-refractivity contribution in [3.63, 3.8) is 0 Å². The smallest absolute Gasteiger partial charge is 0.311 e. The van der Waals surface area contributed by atoms with Gasteiger partial charge in [-0.2, -0.15) is 0 Å². The average molecular weight is 290 g/mol. The number of esters is 1. The van der Waals surface area contributed by atoms with Crippen molar-refractivity contribution >= 4 is 29.2 Å². The van der Waals surface area contributed by atoms with Crippen LogP contribution in [0.2, 0.25) is 10.0 Å². The molecule has 0 saturated carbocycles.